The Morgan fingerprint density at radius 2 is 1.82 bits per heavy atom. The number of carbonyl (C=O) groups excluding carboxylic acids is 1. The molecule has 10 heteroatoms. The first-order valence-corrected chi connectivity index (χ1v) is 11.3. The Labute approximate surface area is 199 Å². The lowest BCUT2D eigenvalue weighted by Gasteiger charge is -2.12. The minimum Gasteiger partial charge on any atom is -0.493 e. The van der Waals surface area contributed by atoms with Gasteiger partial charge in [-0.3, -0.25) is 4.79 Å². The maximum absolute atomic E-state index is 13.2. The van der Waals surface area contributed by atoms with Gasteiger partial charge in [-0.25, -0.2) is 8.91 Å². The van der Waals surface area contributed by atoms with Gasteiger partial charge in [0.25, 0.3) is 0 Å². The quantitative estimate of drug-likeness (QED) is 0.363. The van der Waals surface area contributed by atoms with Crippen molar-refractivity contribution in [2.24, 2.45) is 0 Å². The first-order valence-electron chi connectivity index (χ1n) is 10.4. The van der Waals surface area contributed by atoms with Crippen LogP contribution in [0.2, 0.25) is 0 Å². The van der Waals surface area contributed by atoms with E-state index in [1.807, 2.05) is 5.38 Å². The van der Waals surface area contributed by atoms with Gasteiger partial charge in [-0.15, -0.1) is 16.4 Å². The molecule has 0 aliphatic heterocycles. The highest BCUT2D eigenvalue weighted by Gasteiger charge is 2.13. The van der Waals surface area contributed by atoms with E-state index < -0.39 is 0 Å². The molecule has 2 aromatic carbocycles. The highest BCUT2D eigenvalue weighted by atomic mass is 32.1. The summed E-state index contributed by atoms with van der Waals surface area (Å²) in [6.07, 6.45) is 3.71. The zero-order valence-electron chi connectivity index (χ0n) is 18.9. The molecule has 1 amide bonds. The Morgan fingerprint density at radius 1 is 1.12 bits per heavy atom. The van der Waals surface area contributed by atoms with E-state index in [2.05, 4.69) is 15.4 Å². The number of halogens is 1. The molecule has 176 valence electrons. The summed E-state index contributed by atoms with van der Waals surface area (Å²) in [6, 6.07) is 9.58. The van der Waals surface area contributed by atoms with E-state index in [0.29, 0.717) is 36.0 Å². The van der Waals surface area contributed by atoms with Gasteiger partial charge in [0.15, 0.2) is 17.3 Å². The Balaban J connectivity index is 1.38. The Bertz CT molecular complexity index is 1310. The van der Waals surface area contributed by atoms with Crippen LogP contribution >= 0.6 is 11.3 Å². The number of hydrogen-bond donors (Lipinski definition) is 1. The summed E-state index contributed by atoms with van der Waals surface area (Å²) in [5, 5.41) is 9.35. The number of rotatable bonds is 9. The van der Waals surface area contributed by atoms with Crippen molar-refractivity contribution in [1.82, 2.24) is 19.9 Å². The van der Waals surface area contributed by atoms with E-state index in [1.165, 1.54) is 50.9 Å². The topological polar surface area (TPSA) is 87.0 Å². The van der Waals surface area contributed by atoms with Crippen LogP contribution in [0.3, 0.4) is 0 Å². The van der Waals surface area contributed by atoms with Crippen LogP contribution in [0, 0.1) is 5.82 Å². The van der Waals surface area contributed by atoms with Gasteiger partial charge in [-0.2, -0.15) is 4.98 Å². The van der Waals surface area contributed by atoms with E-state index in [-0.39, 0.29) is 11.7 Å². The molecule has 34 heavy (non-hydrogen) atoms. The second kappa shape index (κ2) is 10.3. The minimum atomic E-state index is -0.305. The van der Waals surface area contributed by atoms with Crippen LogP contribution in [0.15, 0.2) is 47.9 Å². The van der Waals surface area contributed by atoms with Crippen LogP contribution in [-0.4, -0.2) is 48.4 Å². The third-order valence-electron chi connectivity index (χ3n) is 5.05. The summed E-state index contributed by atoms with van der Waals surface area (Å²) in [4.78, 5) is 17.5. The molecule has 0 saturated heterocycles. The van der Waals surface area contributed by atoms with Crippen LogP contribution in [0.25, 0.3) is 22.4 Å². The molecule has 0 bridgehead atoms. The van der Waals surface area contributed by atoms with E-state index >= 15 is 0 Å². The molecule has 2 heterocycles. The van der Waals surface area contributed by atoms with Crippen molar-refractivity contribution < 1.29 is 23.4 Å². The fourth-order valence-electron chi connectivity index (χ4n) is 3.36. The third kappa shape index (κ3) is 5.01. The number of methoxy groups -OCH3 is 3. The molecule has 0 aliphatic rings. The van der Waals surface area contributed by atoms with Crippen LogP contribution in [0.5, 0.6) is 17.2 Å². The smallest absolute Gasteiger partial charge is 0.244 e. The van der Waals surface area contributed by atoms with Crippen LogP contribution < -0.4 is 19.5 Å². The largest absolute Gasteiger partial charge is 0.493 e. The monoisotopic (exact) mass is 482 g/mol. The molecular formula is C24H23FN4O4S. The van der Waals surface area contributed by atoms with Crippen LogP contribution in [0.1, 0.15) is 11.3 Å². The fraction of sp³-hybridized carbons (Fsp3) is 0.208. The number of nitrogens with one attached hydrogen (secondary N) is 1. The number of amides is 1. The lowest BCUT2D eigenvalue weighted by atomic mass is 10.1. The number of ether oxygens (including phenoxy) is 3. The molecular weight excluding hydrogens is 459 g/mol. The zero-order chi connectivity index (χ0) is 24.1. The van der Waals surface area contributed by atoms with Crippen molar-refractivity contribution >= 4 is 28.3 Å². The van der Waals surface area contributed by atoms with Crippen LogP contribution in [-0.2, 0) is 11.2 Å². The van der Waals surface area contributed by atoms with Gasteiger partial charge < -0.3 is 19.5 Å². The van der Waals surface area contributed by atoms with Crippen molar-refractivity contribution in [3.05, 3.63) is 64.9 Å². The van der Waals surface area contributed by atoms with Gasteiger partial charge in [0.05, 0.1) is 27.0 Å². The second-order valence-electron chi connectivity index (χ2n) is 7.20. The molecule has 0 unspecified atom stereocenters. The highest BCUT2D eigenvalue weighted by Crippen LogP contribution is 2.38. The average Bonchev–Trinajstić information content (AvgIpc) is 3.44. The van der Waals surface area contributed by atoms with Crippen molar-refractivity contribution in [2.75, 3.05) is 27.9 Å². The van der Waals surface area contributed by atoms with E-state index in [4.69, 9.17) is 14.2 Å². The zero-order valence-corrected chi connectivity index (χ0v) is 19.7. The number of fused-ring (bicyclic) bond motifs is 1. The first kappa shape index (κ1) is 23.2. The molecule has 0 fully saturated rings. The summed E-state index contributed by atoms with van der Waals surface area (Å²) in [5.74, 6) is 1.51. The molecule has 4 aromatic rings. The van der Waals surface area contributed by atoms with Crippen molar-refractivity contribution in [1.29, 1.82) is 0 Å². The van der Waals surface area contributed by atoms with Gasteiger partial charge in [0.2, 0.25) is 16.6 Å². The first-order chi connectivity index (χ1) is 16.5. The van der Waals surface area contributed by atoms with Crippen molar-refractivity contribution in [3.8, 4) is 28.6 Å². The molecule has 0 atom stereocenters. The summed E-state index contributed by atoms with van der Waals surface area (Å²) in [6.45, 7) is 0.427. The maximum Gasteiger partial charge on any atom is 0.244 e. The van der Waals surface area contributed by atoms with Gasteiger partial charge in [0.1, 0.15) is 5.82 Å². The number of benzene rings is 2. The Morgan fingerprint density at radius 3 is 2.47 bits per heavy atom. The summed E-state index contributed by atoms with van der Waals surface area (Å²) in [5.41, 5.74) is 2.41. The molecule has 0 aliphatic carbocycles. The molecule has 0 spiro atoms. The van der Waals surface area contributed by atoms with Crippen LogP contribution in [0.4, 0.5) is 4.39 Å². The van der Waals surface area contributed by atoms with E-state index in [9.17, 15) is 9.18 Å². The lowest BCUT2D eigenvalue weighted by molar-refractivity contribution is -0.116. The lowest BCUT2D eigenvalue weighted by Crippen LogP contribution is -2.23. The van der Waals surface area contributed by atoms with Gasteiger partial charge >= 0.3 is 0 Å². The molecule has 4 rings (SSSR count). The minimum absolute atomic E-state index is 0.231. The molecule has 0 saturated carbocycles. The predicted molar refractivity (Wildman–Crippen MR) is 128 cm³/mol. The number of thiazole rings is 1. The normalized spacial score (nSPS) is 11.2. The molecule has 0 radical (unpaired) electrons. The Hall–Kier alpha value is -3.92. The van der Waals surface area contributed by atoms with E-state index in [0.717, 1.165) is 21.8 Å². The molecule has 2 aromatic heterocycles. The maximum atomic E-state index is 13.2. The number of hydrogen-bond acceptors (Lipinski definition) is 7. The summed E-state index contributed by atoms with van der Waals surface area (Å²) < 4.78 is 30.9. The van der Waals surface area contributed by atoms with Gasteiger partial charge in [-0.1, -0.05) is 0 Å². The van der Waals surface area contributed by atoms with Gasteiger partial charge in [-0.05, 0) is 48.0 Å². The SMILES string of the molecule is COc1cc(/C=C/C(=O)NCCc2csc3nc(-c4ccc(F)cc4)nn23)cc(OC)c1OC. The number of carbonyl (C=O) groups is 1. The number of nitrogens with zero attached hydrogens (tertiary/aromatic N) is 3. The number of aromatic nitrogens is 3. The molecule has 8 nitrogen and oxygen atoms in total. The predicted octanol–water partition coefficient (Wildman–Crippen LogP) is 3.99. The van der Waals surface area contributed by atoms with E-state index in [1.54, 1.807) is 34.9 Å². The third-order valence-corrected chi connectivity index (χ3v) is 5.91. The van der Waals surface area contributed by atoms with Crippen molar-refractivity contribution in [3.63, 3.8) is 0 Å². The van der Waals surface area contributed by atoms with Crippen molar-refractivity contribution in [2.45, 2.75) is 6.42 Å². The fourth-order valence-corrected chi connectivity index (χ4v) is 4.22. The second-order valence-corrected chi connectivity index (χ2v) is 8.03. The average molecular weight is 483 g/mol. The summed E-state index contributed by atoms with van der Waals surface area (Å²) >= 11 is 1.46. The highest BCUT2D eigenvalue weighted by molar-refractivity contribution is 7.15. The standard InChI is InChI=1S/C24H23FN4O4S/c1-31-19-12-15(13-20(32-2)22(19)33-3)4-9-21(30)26-11-10-18-14-34-24-27-23(28-29(18)24)16-5-7-17(25)8-6-16/h4-9,12-14H,10-11H2,1-3H3,(H,26,30)/b9-4+. The molecule has 1 N–H and O–H groups in total. The van der Waals surface area contributed by atoms with Gasteiger partial charge in [0, 0.05) is 30.0 Å². The Kier molecular flexibility index (Phi) is 7.07. The summed E-state index contributed by atoms with van der Waals surface area (Å²) in [7, 11) is 4.61.